The van der Waals surface area contributed by atoms with Crippen LogP contribution in [0.5, 0.6) is 5.75 Å². The van der Waals surface area contributed by atoms with E-state index in [1.165, 1.54) is 4.90 Å². The second kappa shape index (κ2) is 13.8. The average molecular weight is 667 g/mol. The molecule has 2 saturated heterocycles. The molecule has 3 aliphatic carbocycles. The number of β-amino-alcohol motifs (C(OH)–C–C–N with tert-alkyl or cyclic N) is 1. The molecular weight excluding hydrogens is 620 g/mol. The highest BCUT2D eigenvalue weighted by molar-refractivity contribution is 5.94. The molecule has 2 N–H and O–H groups in total. The molecule has 3 aromatic carbocycles. The number of nitrogens with one attached hydrogen (secondary N) is 1. The van der Waals surface area contributed by atoms with Gasteiger partial charge in [0.25, 0.3) is 0 Å². The predicted molar refractivity (Wildman–Crippen MR) is 187 cm³/mol. The second-order valence-corrected chi connectivity index (χ2v) is 13.9. The minimum absolute atomic E-state index is 0.0792. The van der Waals surface area contributed by atoms with Gasteiger partial charge in [0.1, 0.15) is 17.8 Å². The van der Waals surface area contributed by atoms with Crippen LogP contribution < -0.4 is 15.0 Å². The lowest BCUT2D eigenvalue weighted by molar-refractivity contribution is -0.154. The minimum Gasteiger partial charge on any atom is -0.495 e. The number of amides is 3. The largest absolute Gasteiger partial charge is 0.495 e. The van der Waals surface area contributed by atoms with E-state index in [-0.39, 0.29) is 24.8 Å². The van der Waals surface area contributed by atoms with Crippen molar-refractivity contribution in [3.63, 3.8) is 0 Å². The molecule has 0 aromatic heterocycles. The van der Waals surface area contributed by atoms with E-state index in [2.05, 4.69) is 22.4 Å². The summed E-state index contributed by atoms with van der Waals surface area (Å²) in [6.07, 6.45) is 6.12. The van der Waals surface area contributed by atoms with Crippen molar-refractivity contribution in [2.75, 3.05) is 51.8 Å². The maximum Gasteiger partial charge on any atom is 0.245 e. The standard InChI is InChI=1S/C39H46N4O6/c1-48-35-10-6-5-9-33(35)41-17-19-42(20-18-41)38(47)32(23-27-11-12-28-7-3-4-8-29(28)21-27)40-36(45)34-24-30(44)25-43(34)37(46)31-22-26-13-15-39(31,49-2)16-14-26/h3-13,15,21,26,30-32,34,44H,14,16-20,22-25H2,1-2H3,(H,40,45)/t26?,30-,31?,32+,34?,39?/m1/s1. The number of allylic oxidation sites excluding steroid dienone is 1. The Balaban J connectivity index is 1.10. The number of nitrogens with zero attached hydrogens (tertiary/aromatic N) is 3. The number of piperazine rings is 1. The Hall–Kier alpha value is -4.41. The molecule has 5 aliphatic rings. The van der Waals surface area contributed by atoms with Crippen molar-refractivity contribution in [2.24, 2.45) is 11.8 Å². The van der Waals surface area contributed by atoms with E-state index in [1.807, 2.05) is 71.6 Å². The average Bonchev–Trinajstić information content (AvgIpc) is 3.56. The number of methoxy groups -OCH3 is 2. The SMILES string of the molecule is COc1ccccc1N1CCN(C(=O)[C@H](Cc2ccc3ccccc3c2)NC(=O)C2C[C@@H](O)CN2C(=O)C2CC3C=CC2(OC)CC3)CC1. The molecule has 1 saturated carbocycles. The third-order valence-corrected chi connectivity index (χ3v) is 11.1. The zero-order chi connectivity index (χ0) is 34.1. The molecule has 8 rings (SSSR count). The van der Waals surface area contributed by atoms with Gasteiger partial charge in [0.15, 0.2) is 0 Å². The van der Waals surface area contributed by atoms with Crippen molar-refractivity contribution in [3.8, 4) is 5.75 Å². The molecule has 0 radical (unpaired) electrons. The first-order valence-electron chi connectivity index (χ1n) is 17.5. The number of aliphatic hydroxyl groups is 1. The number of carbonyl (C=O) groups is 3. The highest BCUT2D eigenvalue weighted by Gasteiger charge is 2.52. The highest BCUT2D eigenvalue weighted by Crippen LogP contribution is 2.47. The summed E-state index contributed by atoms with van der Waals surface area (Å²) in [6.45, 7) is 2.30. The summed E-state index contributed by atoms with van der Waals surface area (Å²) in [4.78, 5) is 48.1. The molecule has 258 valence electrons. The van der Waals surface area contributed by atoms with E-state index < -0.39 is 35.6 Å². The van der Waals surface area contributed by atoms with Crippen LogP contribution in [0.3, 0.4) is 0 Å². The topological polar surface area (TPSA) is 112 Å². The van der Waals surface area contributed by atoms with Gasteiger partial charge in [-0.25, -0.2) is 0 Å². The number of likely N-dealkylation sites (tertiary alicyclic amines) is 1. The van der Waals surface area contributed by atoms with E-state index in [0.29, 0.717) is 44.9 Å². The van der Waals surface area contributed by atoms with Gasteiger partial charge in [-0.3, -0.25) is 14.4 Å². The molecule has 3 amide bonds. The normalized spacial score (nSPS) is 27.0. The Bertz CT molecular complexity index is 1740. The summed E-state index contributed by atoms with van der Waals surface area (Å²) < 4.78 is 11.5. The van der Waals surface area contributed by atoms with Crippen molar-refractivity contribution in [2.45, 2.75) is 55.9 Å². The Morgan fingerprint density at radius 2 is 1.71 bits per heavy atom. The number of aliphatic hydroxyl groups excluding tert-OH is 1. The quantitative estimate of drug-likeness (QED) is 0.336. The number of hydrogen-bond acceptors (Lipinski definition) is 7. The van der Waals surface area contributed by atoms with Gasteiger partial charge in [-0.2, -0.15) is 0 Å². The molecule has 6 atom stereocenters. The van der Waals surface area contributed by atoms with Gasteiger partial charge < -0.3 is 34.6 Å². The van der Waals surface area contributed by atoms with E-state index >= 15 is 0 Å². The van der Waals surface area contributed by atoms with Crippen molar-refractivity contribution < 1.29 is 29.0 Å². The van der Waals surface area contributed by atoms with Crippen molar-refractivity contribution >= 4 is 34.2 Å². The summed E-state index contributed by atoms with van der Waals surface area (Å²) in [5.41, 5.74) is 1.22. The molecule has 4 unspecified atom stereocenters. The van der Waals surface area contributed by atoms with Crippen LogP contribution in [0.2, 0.25) is 0 Å². The van der Waals surface area contributed by atoms with Crippen molar-refractivity contribution in [3.05, 3.63) is 84.4 Å². The summed E-state index contributed by atoms with van der Waals surface area (Å²) in [6, 6.07) is 20.3. The fourth-order valence-corrected chi connectivity index (χ4v) is 8.36. The van der Waals surface area contributed by atoms with E-state index in [4.69, 9.17) is 9.47 Å². The van der Waals surface area contributed by atoms with Crippen molar-refractivity contribution in [1.29, 1.82) is 0 Å². The Morgan fingerprint density at radius 3 is 2.45 bits per heavy atom. The number of benzene rings is 3. The van der Waals surface area contributed by atoms with Crippen LogP contribution in [0.15, 0.2) is 78.9 Å². The lowest BCUT2D eigenvalue weighted by Crippen LogP contribution is -2.59. The summed E-state index contributed by atoms with van der Waals surface area (Å²) in [5, 5.41) is 16.0. The van der Waals surface area contributed by atoms with Gasteiger partial charge in [0.05, 0.1) is 30.4 Å². The molecular formula is C39H46N4O6. The molecule has 3 fully saturated rings. The van der Waals surface area contributed by atoms with Gasteiger partial charge in [-0.05, 0) is 53.6 Å². The van der Waals surface area contributed by atoms with Crippen LogP contribution >= 0.6 is 0 Å². The summed E-state index contributed by atoms with van der Waals surface area (Å²) >= 11 is 0. The Morgan fingerprint density at radius 1 is 0.959 bits per heavy atom. The first-order valence-corrected chi connectivity index (χ1v) is 17.5. The minimum atomic E-state index is -0.880. The van der Waals surface area contributed by atoms with Gasteiger partial charge >= 0.3 is 0 Å². The van der Waals surface area contributed by atoms with Crippen LogP contribution in [-0.4, -0.2) is 103 Å². The van der Waals surface area contributed by atoms with E-state index in [0.717, 1.165) is 40.6 Å². The molecule has 2 bridgehead atoms. The van der Waals surface area contributed by atoms with Gasteiger partial charge in [0, 0.05) is 52.7 Å². The molecule has 2 aliphatic heterocycles. The Labute approximate surface area is 287 Å². The maximum absolute atomic E-state index is 14.3. The zero-order valence-electron chi connectivity index (χ0n) is 28.3. The van der Waals surface area contributed by atoms with Crippen molar-refractivity contribution in [1.82, 2.24) is 15.1 Å². The first kappa shape index (κ1) is 33.1. The van der Waals surface area contributed by atoms with Gasteiger partial charge in [-0.15, -0.1) is 0 Å². The van der Waals surface area contributed by atoms with Crippen LogP contribution in [0, 0.1) is 11.8 Å². The number of rotatable bonds is 9. The summed E-state index contributed by atoms with van der Waals surface area (Å²) in [5.74, 6) is -0.0764. The lowest BCUT2D eigenvalue weighted by atomic mass is 9.65. The first-order chi connectivity index (χ1) is 23.8. The number of fused-ring (bicyclic) bond motifs is 3. The smallest absolute Gasteiger partial charge is 0.245 e. The third kappa shape index (κ3) is 6.51. The van der Waals surface area contributed by atoms with E-state index in [1.54, 1.807) is 14.2 Å². The molecule has 2 heterocycles. The molecule has 3 aromatic rings. The molecule has 10 nitrogen and oxygen atoms in total. The van der Waals surface area contributed by atoms with Crippen LogP contribution in [0.1, 0.15) is 31.2 Å². The van der Waals surface area contributed by atoms with Gasteiger partial charge in [0.2, 0.25) is 17.7 Å². The van der Waals surface area contributed by atoms with Crippen LogP contribution in [0.25, 0.3) is 10.8 Å². The number of para-hydroxylation sites is 2. The molecule has 49 heavy (non-hydrogen) atoms. The Kier molecular flexibility index (Phi) is 9.35. The monoisotopic (exact) mass is 666 g/mol. The second-order valence-electron chi connectivity index (χ2n) is 13.9. The fourth-order valence-electron chi connectivity index (χ4n) is 8.36. The third-order valence-electron chi connectivity index (χ3n) is 11.1. The molecule has 10 heteroatoms. The van der Waals surface area contributed by atoms with E-state index in [9.17, 15) is 19.5 Å². The summed E-state index contributed by atoms with van der Waals surface area (Å²) in [7, 11) is 3.29. The van der Waals surface area contributed by atoms with Gasteiger partial charge in [-0.1, -0.05) is 66.7 Å². The predicted octanol–water partition coefficient (Wildman–Crippen LogP) is 3.56. The van der Waals surface area contributed by atoms with Crippen LogP contribution in [-0.2, 0) is 25.5 Å². The number of carbonyl (C=O) groups excluding carboxylic acids is 3. The molecule has 0 spiro atoms. The number of ether oxygens (including phenoxy) is 2. The highest BCUT2D eigenvalue weighted by atomic mass is 16.5. The zero-order valence-corrected chi connectivity index (χ0v) is 28.3. The lowest BCUT2D eigenvalue weighted by Gasteiger charge is -2.47. The number of anilines is 1. The van der Waals surface area contributed by atoms with Crippen LogP contribution in [0.4, 0.5) is 5.69 Å². The maximum atomic E-state index is 14.3. The fraction of sp³-hybridized carbons (Fsp3) is 0.462. The number of hydrogen-bond donors (Lipinski definition) is 2.